The van der Waals surface area contributed by atoms with Crippen LogP contribution in [0.2, 0.25) is 0 Å². The van der Waals surface area contributed by atoms with Gasteiger partial charge < -0.3 is 15.0 Å². The van der Waals surface area contributed by atoms with Crippen molar-refractivity contribution in [3.8, 4) is 5.75 Å². The van der Waals surface area contributed by atoms with E-state index in [1.165, 1.54) is 24.3 Å². The molecule has 0 fully saturated rings. The highest BCUT2D eigenvalue weighted by Crippen LogP contribution is 2.17. The maximum Gasteiger partial charge on any atom is 0.261 e. The highest BCUT2D eigenvalue weighted by atomic mass is 19.1. The number of benzene rings is 2. The molecule has 2 atom stereocenters. The monoisotopic (exact) mass is 414 g/mol. The van der Waals surface area contributed by atoms with Gasteiger partial charge in [-0.25, -0.2) is 4.39 Å². The van der Waals surface area contributed by atoms with Gasteiger partial charge in [0.2, 0.25) is 5.91 Å². The van der Waals surface area contributed by atoms with Gasteiger partial charge in [-0.1, -0.05) is 38.1 Å². The van der Waals surface area contributed by atoms with E-state index in [-0.39, 0.29) is 30.3 Å². The minimum Gasteiger partial charge on any atom is -0.484 e. The van der Waals surface area contributed by atoms with E-state index in [9.17, 15) is 14.0 Å². The van der Waals surface area contributed by atoms with Crippen LogP contribution in [0.15, 0.2) is 48.5 Å². The van der Waals surface area contributed by atoms with Gasteiger partial charge in [0.1, 0.15) is 17.6 Å². The average molecular weight is 415 g/mol. The molecule has 0 aromatic heterocycles. The van der Waals surface area contributed by atoms with Crippen LogP contribution in [0.3, 0.4) is 0 Å². The molecule has 0 radical (unpaired) electrons. The summed E-state index contributed by atoms with van der Waals surface area (Å²) in [4.78, 5) is 27.6. The first-order chi connectivity index (χ1) is 14.3. The van der Waals surface area contributed by atoms with Crippen molar-refractivity contribution in [1.82, 2.24) is 10.2 Å². The molecule has 2 rings (SSSR count). The molecule has 2 aromatic rings. The third-order valence-electron chi connectivity index (χ3n) is 5.16. The van der Waals surface area contributed by atoms with Crippen LogP contribution in [0.1, 0.15) is 44.7 Å². The Labute approximate surface area is 178 Å². The van der Waals surface area contributed by atoms with E-state index in [1.54, 1.807) is 4.90 Å². The number of halogens is 1. The molecule has 162 valence electrons. The fraction of sp³-hybridized carbons (Fsp3) is 0.417. The molecule has 0 aliphatic carbocycles. The second-order valence-electron chi connectivity index (χ2n) is 7.43. The molecule has 6 heteroatoms. The van der Waals surface area contributed by atoms with Crippen LogP contribution in [0, 0.1) is 12.7 Å². The van der Waals surface area contributed by atoms with E-state index in [0.717, 1.165) is 17.5 Å². The second kappa shape index (κ2) is 11.3. The lowest BCUT2D eigenvalue weighted by atomic mass is 10.1. The van der Waals surface area contributed by atoms with Crippen LogP contribution in [-0.2, 0) is 16.1 Å². The lowest BCUT2D eigenvalue weighted by Crippen LogP contribution is -2.51. The van der Waals surface area contributed by atoms with Crippen molar-refractivity contribution in [3.05, 3.63) is 65.5 Å². The van der Waals surface area contributed by atoms with Gasteiger partial charge in [-0.15, -0.1) is 0 Å². The molecular weight excluding hydrogens is 383 g/mol. The third kappa shape index (κ3) is 6.58. The van der Waals surface area contributed by atoms with E-state index in [0.29, 0.717) is 18.7 Å². The fourth-order valence-corrected chi connectivity index (χ4v) is 3.09. The van der Waals surface area contributed by atoms with Crippen LogP contribution >= 0.6 is 0 Å². The number of nitrogens with zero attached hydrogens (tertiary/aromatic N) is 1. The van der Waals surface area contributed by atoms with Crippen molar-refractivity contribution in [3.63, 3.8) is 0 Å². The molecule has 0 spiro atoms. The first-order valence-corrected chi connectivity index (χ1v) is 10.4. The topological polar surface area (TPSA) is 58.6 Å². The Balaban J connectivity index is 2.21. The highest BCUT2D eigenvalue weighted by Gasteiger charge is 2.29. The van der Waals surface area contributed by atoms with E-state index in [2.05, 4.69) is 5.32 Å². The summed E-state index contributed by atoms with van der Waals surface area (Å²) in [6.45, 7) is 7.89. The zero-order valence-electron chi connectivity index (χ0n) is 18.2. The van der Waals surface area contributed by atoms with Gasteiger partial charge >= 0.3 is 0 Å². The predicted octanol–water partition coefficient (Wildman–Crippen LogP) is 4.24. The first-order valence-electron chi connectivity index (χ1n) is 10.4. The summed E-state index contributed by atoms with van der Waals surface area (Å²) >= 11 is 0. The van der Waals surface area contributed by atoms with E-state index in [1.807, 2.05) is 52.0 Å². The van der Waals surface area contributed by atoms with Gasteiger partial charge in [0.25, 0.3) is 5.91 Å². The molecule has 1 N–H and O–H groups in total. The van der Waals surface area contributed by atoms with Crippen LogP contribution < -0.4 is 10.1 Å². The lowest BCUT2D eigenvalue weighted by Gasteiger charge is -2.31. The standard InChI is InChI=1S/C24H31FN2O3/c1-5-18(4)26-24(29)22(6-2)27(15-19-10-8-7-9-17(19)3)23(28)16-30-21-13-11-20(25)12-14-21/h7-14,18,22H,5-6,15-16H2,1-4H3,(H,26,29)/t18-,22+/m0/s1. The number of hydrogen-bond acceptors (Lipinski definition) is 3. The van der Waals surface area contributed by atoms with E-state index >= 15 is 0 Å². The first kappa shape index (κ1) is 23.4. The van der Waals surface area contributed by atoms with Crippen molar-refractivity contribution in [2.24, 2.45) is 0 Å². The maximum atomic E-state index is 13.1. The predicted molar refractivity (Wildman–Crippen MR) is 116 cm³/mol. The molecule has 5 nitrogen and oxygen atoms in total. The number of nitrogens with one attached hydrogen (secondary N) is 1. The number of amides is 2. The minimum absolute atomic E-state index is 0.0254. The van der Waals surface area contributed by atoms with Crippen LogP contribution in [0.5, 0.6) is 5.75 Å². The summed E-state index contributed by atoms with van der Waals surface area (Å²) in [6, 6.07) is 12.7. The molecule has 0 unspecified atom stereocenters. The number of aryl methyl sites for hydroxylation is 1. The van der Waals surface area contributed by atoms with Crippen molar-refractivity contribution >= 4 is 11.8 Å². The summed E-state index contributed by atoms with van der Waals surface area (Å²) in [6.07, 6.45) is 1.29. The quantitative estimate of drug-likeness (QED) is 0.633. The molecule has 0 saturated heterocycles. The molecule has 2 amide bonds. The van der Waals surface area contributed by atoms with Gasteiger partial charge in [0, 0.05) is 12.6 Å². The van der Waals surface area contributed by atoms with Gasteiger partial charge in [-0.05, 0) is 62.1 Å². The fourth-order valence-electron chi connectivity index (χ4n) is 3.09. The van der Waals surface area contributed by atoms with Crippen LogP contribution in [0.25, 0.3) is 0 Å². The SMILES string of the molecule is CC[C@H](C(=O)N[C@@H](C)CC)N(Cc1ccccc1C)C(=O)COc1ccc(F)cc1. The summed E-state index contributed by atoms with van der Waals surface area (Å²) in [5.41, 5.74) is 2.02. The lowest BCUT2D eigenvalue weighted by molar-refractivity contribution is -0.143. The zero-order valence-corrected chi connectivity index (χ0v) is 18.2. The van der Waals surface area contributed by atoms with Gasteiger partial charge in [0.15, 0.2) is 6.61 Å². The zero-order chi connectivity index (χ0) is 22.1. The minimum atomic E-state index is -0.608. The Bertz CT molecular complexity index is 839. The Morgan fingerprint density at radius 2 is 1.73 bits per heavy atom. The molecule has 30 heavy (non-hydrogen) atoms. The Morgan fingerprint density at radius 1 is 1.07 bits per heavy atom. The maximum absolute atomic E-state index is 13.1. The third-order valence-corrected chi connectivity index (χ3v) is 5.16. The van der Waals surface area contributed by atoms with E-state index < -0.39 is 6.04 Å². The Kier molecular flexibility index (Phi) is 8.84. The number of carbonyl (C=O) groups is 2. The van der Waals surface area contributed by atoms with Gasteiger partial charge in [-0.3, -0.25) is 9.59 Å². The molecule has 0 aliphatic heterocycles. The highest BCUT2D eigenvalue weighted by molar-refractivity contribution is 5.88. The second-order valence-corrected chi connectivity index (χ2v) is 7.43. The van der Waals surface area contributed by atoms with Gasteiger partial charge in [0.05, 0.1) is 0 Å². The molecule has 2 aromatic carbocycles. The largest absolute Gasteiger partial charge is 0.484 e. The Hall–Kier alpha value is -2.89. The summed E-state index contributed by atoms with van der Waals surface area (Å²) in [5.74, 6) is -0.440. The van der Waals surface area contributed by atoms with Gasteiger partial charge in [-0.2, -0.15) is 0 Å². The van der Waals surface area contributed by atoms with Crippen molar-refractivity contribution in [2.45, 2.75) is 59.2 Å². The normalized spacial score (nSPS) is 12.7. The van der Waals surface area contributed by atoms with E-state index in [4.69, 9.17) is 4.74 Å². The molecule has 0 aliphatic rings. The molecule has 0 saturated carbocycles. The molecular formula is C24H31FN2O3. The molecule has 0 bridgehead atoms. The van der Waals surface area contributed by atoms with Crippen molar-refractivity contribution in [2.75, 3.05) is 6.61 Å². The summed E-state index contributed by atoms with van der Waals surface area (Å²) in [7, 11) is 0. The van der Waals surface area contributed by atoms with Crippen LogP contribution in [-0.4, -0.2) is 35.4 Å². The molecule has 0 heterocycles. The summed E-state index contributed by atoms with van der Waals surface area (Å²) in [5, 5.41) is 2.98. The van der Waals surface area contributed by atoms with Crippen molar-refractivity contribution < 1.29 is 18.7 Å². The number of carbonyl (C=O) groups excluding carboxylic acids is 2. The smallest absolute Gasteiger partial charge is 0.261 e. The Morgan fingerprint density at radius 3 is 2.33 bits per heavy atom. The number of hydrogen-bond donors (Lipinski definition) is 1. The van der Waals surface area contributed by atoms with Crippen molar-refractivity contribution in [1.29, 1.82) is 0 Å². The number of ether oxygens (including phenoxy) is 1. The number of rotatable bonds is 10. The summed E-state index contributed by atoms with van der Waals surface area (Å²) < 4.78 is 18.7. The van der Waals surface area contributed by atoms with Crippen LogP contribution in [0.4, 0.5) is 4.39 Å². The average Bonchev–Trinajstić information content (AvgIpc) is 2.74.